The SMILES string of the molecule is CCOCC(=O)N(Cc1ccc(C)cc1)[C@@H]1CC(C(=O)NCCO)=C[C@H](Oc2c(I)cc(C=O)cc2OC)[C@H]1O. The molecule has 3 N–H and O–H groups in total. The molecule has 0 saturated carbocycles. The van der Waals surface area contributed by atoms with Crippen LogP contribution >= 0.6 is 22.6 Å². The molecule has 0 unspecified atom stereocenters. The second kappa shape index (κ2) is 15.1. The molecule has 10 nitrogen and oxygen atoms in total. The molecule has 2 amide bonds. The monoisotopic (exact) mass is 666 g/mol. The van der Waals surface area contributed by atoms with Crippen LogP contribution in [0, 0.1) is 10.5 Å². The van der Waals surface area contributed by atoms with Gasteiger partial charge in [-0.1, -0.05) is 29.8 Å². The van der Waals surface area contributed by atoms with Crippen LogP contribution in [0.5, 0.6) is 11.5 Å². The van der Waals surface area contributed by atoms with Crippen LogP contribution in [-0.2, 0) is 20.9 Å². The molecule has 11 heteroatoms. The van der Waals surface area contributed by atoms with Crippen LogP contribution in [0.4, 0.5) is 0 Å². The van der Waals surface area contributed by atoms with Crippen LogP contribution in [0.25, 0.3) is 0 Å². The zero-order chi connectivity index (χ0) is 29.2. The maximum Gasteiger partial charge on any atom is 0.249 e. The summed E-state index contributed by atoms with van der Waals surface area (Å²) in [5.41, 5.74) is 2.60. The van der Waals surface area contributed by atoms with E-state index in [-0.39, 0.29) is 50.1 Å². The Labute approximate surface area is 247 Å². The number of ether oxygens (including phenoxy) is 3. The lowest BCUT2D eigenvalue weighted by Crippen LogP contribution is -2.55. The quantitative estimate of drug-likeness (QED) is 0.219. The molecular formula is C29H35IN2O8. The number of aryl methyl sites for hydroxylation is 1. The van der Waals surface area contributed by atoms with Crippen molar-refractivity contribution in [1.82, 2.24) is 10.2 Å². The van der Waals surface area contributed by atoms with Gasteiger partial charge in [-0.25, -0.2) is 0 Å². The molecule has 1 aliphatic rings. The number of aliphatic hydroxyl groups is 2. The predicted octanol–water partition coefficient (Wildman–Crippen LogP) is 2.40. The highest BCUT2D eigenvalue weighted by Gasteiger charge is 2.41. The van der Waals surface area contributed by atoms with Gasteiger partial charge in [0.1, 0.15) is 25.1 Å². The third-order valence-electron chi connectivity index (χ3n) is 6.48. The molecule has 3 rings (SSSR count). The smallest absolute Gasteiger partial charge is 0.249 e. The molecule has 0 bridgehead atoms. The van der Waals surface area contributed by atoms with Crippen LogP contribution in [-0.4, -0.2) is 84.9 Å². The van der Waals surface area contributed by atoms with Crippen LogP contribution in [0.3, 0.4) is 0 Å². The van der Waals surface area contributed by atoms with Gasteiger partial charge in [-0.05, 0) is 60.2 Å². The number of carbonyl (C=O) groups excluding carboxylic acids is 3. The largest absolute Gasteiger partial charge is 0.493 e. The van der Waals surface area contributed by atoms with E-state index in [0.29, 0.717) is 27.6 Å². The lowest BCUT2D eigenvalue weighted by Gasteiger charge is -2.40. The minimum absolute atomic E-state index is 0.0458. The van der Waals surface area contributed by atoms with Crippen molar-refractivity contribution in [3.8, 4) is 11.5 Å². The Morgan fingerprint density at radius 3 is 2.58 bits per heavy atom. The van der Waals surface area contributed by atoms with Gasteiger partial charge in [0.25, 0.3) is 0 Å². The number of aldehydes is 1. The first-order chi connectivity index (χ1) is 19.2. The number of nitrogens with zero attached hydrogens (tertiary/aromatic N) is 1. The zero-order valence-corrected chi connectivity index (χ0v) is 24.9. The number of hydrogen-bond acceptors (Lipinski definition) is 8. The number of halogens is 1. The van der Waals surface area contributed by atoms with Gasteiger partial charge < -0.3 is 34.6 Å². The lowest BCUT2D eigenvalue weighted by molar-refractivity contribution is -0.144. The number of methoxy groups -OCH3 is 1. The highest BCUT2D eigenvalue weighted by atomic mass is 127. The summed E-state index contributed by atoms with van der Waals surface area (Å²) in [4.78, 5) is 39.3. The molecule has 0 aliphatic heterocycles. The zero-order valence-electron chi connectivity index (χ0n) is 22.8. The van der Waals surface area contributed by atoms with Gasteiger partial charge in [0.05, 0.1) is 23.3 Å². The Hall–Kier alpha value is -3.00. The van der Waals surface area contributed by atoms with Gasteiger partial charge in [0.15, 0.2) is 11.5 Å². The fraction of sp³-hybridized carbons (Fsp3) is 0.414. The molecule has 216 valence electrons. The molecule has 40 heavy (non-hydrogen) atoms. The molecule has 0 radical (unpaired) electrons. The summed E-state index contributed by atoms with van der Waals surface area (Å²) >= 11 is 2.01. The third kappa shape index (κ3) is 8.03. The fourth-order valence-corrected chi connectivity index (χ4v) is 5.14. The molecule has 2 aromatic carbocycles. The summed E-state index contributed by atoms with van der Waals surface area (Å²) in [6.07, 6.45) is 0.000338. The van der Waals surface area contributed by atoms with Crippen molar-refractivity contribution in [1.29, 1.82) is 0 Å². The van der Waals surface area contributed by atoms with Gasteiger partial charge in [-0.2, -0.15) is 0 Å². The Morgan fingerprint density at radius 2 is 1.95 bits per heavy atom. The molecule has 0 saturated heterocycles. The van der Waals surface area contributed by atoms with E-state index >= 15 is 0 Å². The highest BCUT2D eigenvalue weighted by Crippen LogP contribution is 2.37. The van der Waals surface area contributed by atoms with Crippen molar-refractivity contribution in [2.24, 2.45) is 0 Å². The first-order valence-corrected chi connectivity index (χ1v) is 14.0. The topological polar surface area (TPSA) is 135 Å². The second-order valence-corrected chi connectivity index (χ2v) is 10.5. The number of aliphatic hydroxyl groups excluding tert-OH is 2. The van der Waals surface area contributed by atoms with Crippen LogP contribution < -0.4 is 14.8 Å². The van der Waals surface area contributed by atoms with E-state index in [1.54, 1.807) is 13.0 Å². The molecular weight excluding hydrogens is 631 g/mol. The van der Waals surface area contributed by atoms with E-state index in [2.05, 4.69) is 5.32 Å². The van der Waals surface area contributed by atoms with Gasteiger partial charge in [-0.3, -0.25) is 14.4 Å². The Bertz CT molecular complexity index is 1220. The fourth-order valence-electron chi connectivity index (χ4n) is 4.39. The van der Waals surface area contributed by atoms with E-state index < -0.39 is 24.2 Å². The number of carbonyl (C=O) groups is 3. The first-order valence-electron chi connectivity index (χ1n) is 12.9. The maximum atomic E-state index is 13.4. The molecule has 1 aliphatic carbocycles. The van der Waals surface area contributed by atoms with Gasteiger partial charge in [0, 0.05) is 37.3 Å². The summed E-state index contributed by atoms with van der Waals surface area (Å²) in [7, 11) is 1.44. The standard InChI is InChI=1S/C29H35IN2O8/c1-4-39-17-26(35)32(15-19-7-5-18(2)6-8-19)23-13-21(29(37)31-9-10-33)14-24(27(23)36)40-28-22(30)11-20(16-34)12-25(28)38-3/h5-8,11-12,14,16,23-24,27,33,36H,4,9-10,13,15,17H2,1-3H3,(H,31,37)/t23-,24+,27+/m1/s1. The average Bonchev–Trinajstić information content (AvgIpc) is 2.96. The summed E-state index contributed by atoms with van der Waals surface area (Å²) in [6.45, 7) is 3.89. The Balaban J connectivity index is 2.03. The normalized spacial score (nSPS) is 18.4. The average molecular weight is 667 g/mol. The lowest BCUT2D eigenvalue weighted by atomic mass is 9.87. The molecule has 3 atom stereocenters. The maximum absolute atomic E-state index is 13.4. The number of amides is 2. The highest BCUT2D eigenvalue weighted by molar-refractivity contribution is 14.1. The van der Waals surface area contributed by atoms with E-state index in [9.17, 15) is 24.6 Å². The van der Waals surface area contributed by atoms with Crippen LogP contribution in [0.2, 0.25) is 0 Å². The molecule has 2 aromatic rings. The summed E-state index contributed by atoms with van der Waals surface area (Å²) in [6, 6.07) is 10.00. The van der Waals surface area contributed by atoms with Crippen molar-refractivity contribution in [2.75, 3.05) is 33.5 Å². The minimum Gasteiger partial charge on any atom is -0.493 e. The number of rotatable bonds is 13. The number of benzene rings is 2. The Kier molecular flexibility index (Phi) is 11.9. The first kappa shape index (κ1) is 31.5. The van der Waals surface area contributed by atoms with E-state index in [0.717, 1.165) is 11.1 Å². The van der Waals surface area contributed by atoms with E-state index in [4.69, 9.17) is 14.2 Å². The van der Waals surface area contributed by atoms with Crippen molar-refractivity contribution in [3.05, 3.63) is 68.3 Å². The summed E-state index contributed by atoms with van der Waals surface area (Å²) < 4.78 is 17.6. The van der Waals surface area contributed by atoms with Gasteiger partial charge >= 0.3 is 0 Å². The van der Waals surface area contributed by atoms with Crippen molar-refractivity contribution < 1.29 is 38.8 Å². The molecule has 0 heterocycles. The van der Waals surface area contributed by atoms with Crippen molar-refractivity contribution >= 4 is 40.7 Å². The van der Waals surface area contributed by atoms with Crippen LogP contribution in [0.15, 0.2) is 48.0 Å². The number of hydrogen-bond donors (Lipinski definition) is 3. The Morgan fingerprint density at radius 1 is 1.23 bits per heavy atom. The molecule has 0 aromatic heterocycles. The summed E-state index contributed by atoms with van der Waals surface area (Å²) in [5.74, 6) is -0.211. The van der Waals surface area contributed by atoms with E-state index in [1.165, 1.54) is 24.2 Å². The number of nitrogens with one attached hydrogen (secondary N) is 1. The van der Waals surface area contributed by atoms with Crippen LogP contribution in [0.1, 0.15) is 34.8 Å². The third-order valence-corrected chi connectivity index (χ3v) is 7.28. The van der Waals surface area contributed by atoms with Gasteiger partial charge in [-0.15, -0.1) is 0 Å². The van der Waals surface area contributed by atoms with Crippen molar-refractivity contribution in [3.63, 3.8) is 0 Å². The molecule has 0 fully saturated rings. The van der Waals surface area contributed by atoms with Crippen molar-refractivity contribution in [2.45, 2.75) is 45.1 Å². The minimum atomic E-state index is -1.23. The van der Waals surface area contributed by atoms with E-state index in [1.807, 2.05) is 53.8 Å². The summed E-state index contributed by atoms with van der Waals surface area (Å²) in [5, 5.41) is 23.5. The van der Waals surface area contributed by atoms with Gasteiger partial charge in [0.2, 0.25) is 11.8 Å². The molecule has 0 spiro atoms. The predicted molar refractivity (Wildman–Crippen MR) is 156 cm³/mol. The second-order valence-electron chi connectivity index (χ2n) is 9.31.